The number of likely N-dealkylation sites (tertiary alicyclic amines) is 1. The van der Waals surface area contributed by atoms with Crippen molar-refractivity contribution in [3.05, 3.63) is 41.0 Å². The van der Waals surface area contributed by atoms with Gasteiger partial charge >= 0.3 is 0 Å². The summed E-state index contributed by atoms with van der Waals surface area (Å²) in [6.45, 7) is 3.08. The van der Waals surface area contributed by atoms with Crippen molar-refractivity contribution in [2.75, 3.05) is 32.8 Å². The van der Waals surface area contributed by atoms with Crippen molar-refractivity contribution < 1.29 is 14.6 Å². The number of aromatic nitrogens is 3. The number of H-pyrrole nitrogens is 1. The Morgan fingerprint density at radius 2 is 2.16 bits per heavy atom. The van der Waals surface area contributed by atoms with Gasteiger partial charge in [0.25, 0.3) is 0 Å². The molecule has 164 valence electrons. The number of aliphatic hydroxyl groups is 1. The number of halogens is 1. The number of aromatic amines is 1. The van der Waals surface area contributed by atoms with Gasteiger partial charge in [0.05, 0.1) is 0 Å². The number of rotatable bonds is 10. The Morgan fingerprint density at radius 3 is 2.94 bits per heavy atom. The van der Waals surface area contributed by atoms with Crippen LogP contribution in [0.15, 0.2) is 41.0 Å². The standard InChI is InChI=1S/C22H26BrN5O3/c23-16-11-19-22(25-12-16)27-21(26-19)15-4-6-18(7-5-15)31-14-17(29)13-24-8-2-10-28-9-1-3-20(28)30/h4-7,11-12,17,24,29H,1-3,8-10,13-14H2,(H,25,26,27). The molecule has 4 rings (SSSR count). The Bertz CT molecular complexity index is 1020. The quantitative estimate of drug-likeness (QED) is 0.380. The van der Waals surface area contributed by atoms with Crippen molar-refractivity contribution in [2.24, 2.45) is 0 Å². The molecule has 1 aliphatic heterocycles. The number of hydrogen-bond donors (Lipinski definition) is 3. The highest BCUT2D eigenvalue weighted by atomic mass is 79.9. The zero-order chi connectivity index (χ0) is 21.6. The van der Waals surface area contributed by atoms with Gasteiger partial charge in [-0.15, -0.1) is 0 Å². The first-order valence-corrected chi connectivity index (χ1v) is 11.3. The first-order chi connectivity index (χ1) is 15.1. The van der Waals surface area contributed by atoms with Crippen LogP contribution in [0.5, 0.6) is 5.75 Å². The van der Waals surface area contributed by atoms with Crippen molar-refractivity contribution >= 4 is 33.0 Å². The molecular weight excluding hydrogens is 462 g/mol. The second-order valence-electron chi connectivity index (χ2n) is 7.64. The lowest BCUT2D eigenvalue weighted by Crippen LogP contribution is -2.34. The molecule has 0 radical (unpaired) electrons. The van der Waals surface area contributed by atoms with E-state index in [2.05, 4.69) is 36.2 Å². The van der Waals surface area contributed by atoms with Crippen LogP contribution in [-0.2, 0) is 4.79 Å². The van der Waals surface area contributed by atoms with E-state index in [4.69, 9.17) is 4.74 Å². The number of fused-ring (bicyclic) bond motifs is 1. The third kappa shape index (κ3) is 5.81. The molecule has 1 aromatic carbocycles. The van der Waals surface area contributed by atoms with Gasteiger partial charge in [-0.05, 0) is 65.6 Å². The van der Waals surface area contributed by atoms with Crippen molar-refractivity contribution in [3.8, 4) is 17.1 Å². The zero-order valence-corrected chi connectivity index (χ0v) is 18.8. The zero-order valence-electron chi connectivity index (χ0n) is 17.2. The fraction of sp³-hybridized carbons (Fsp3) is 0.409. The van der Waals surface area contributed by atoms with Gasteiger partial charge in [-0.25, -0.2) is 9.97 Å². The third-order valence-corrected chi connectivity index (χ3v) is 5.64. The van der Waals surface area contributed by atoms with Crippen LogP contribution in [0.4, 0.5) is 0 Å². The van der Waals surface area contributed by atoms with E-state index in [1.54, 1.807) is 6.20 Å². The Balaban J connectivity index is 1.18. The van der Waals surface area contributed by atoms with Crippen LogP contribution in [0, 0.1) is 0 Å². The molecule has 1 saturated heterocycles. The van der Waals surface area contributed by atoms with Crippen molar-refractivity contribution in [2.45, 2.75) is 25.4 Å². The van der Waals surface area contributed by atoms with E-state index in [0.717, 1.165) is 59.5 Å². The molecule has 1 amide bonds. The van der Waals surface area contributed by atoms with E-state index in [1.165, 1.54) is 0 Å². The SMILES string of the molecule is O=C1CCCN1CCCNCC(O)COc1ccc(-c2nc3cc(Br)cnc3[nH]2)cc1. The van der Waals surface area contributed by atoms with Crippen LogP contribution in [0.2, 0.25) is 0 Å². The largest absolute Gasteiger partial charge is 0.491 e. The minimum absolute atomic E-state index is 0.208. The molecule has 0 bridgehead atoms. The first-order valence-electron chi connectivity index (χ1n) is 10.5. The first kappa shape index (κ1) is 21.7. The number of nitrogens with one attached hydrogen (secondary N) is 2. The lowest BCUT2D eigenvalue weighted by Gasteiger charge is -2.16. The number of nitrogens with zero attached hydrogens (tertiary/aromatic N) is 3. The highest BCUT2D eigenvalue weighted by molar-refractivity contribution is 9.10. The van der Waals surface area contributed by atoms with Crippen molar-refractivity contribution in [1.29, 1.82) is 0 Å². The van der Waals surface area contributed by atoms with E-state index in [9.17, 15) is 9.90 Å². The fourth-order valence-corrected chi connectivity index (χ4v) is 3.89. The average molecular weight is 488 g/mol. The van der Waals surface area contributed by atoms with Crippen molar-refractivity contribution in [1.82, 2.24) is 25.2 Å². The number of pyridine rings is 1. The molecule has 1 unspecified atom stereocenters. The summed E-state index contributed by atoms with van der Waals surface area (Å²) in [4.78, 5) is 25.6. The highest BCUT2D eigenvalue weighted by Gasteiger charge is 2.18. The second kappa shape index (κ2) is 10.2. The number of carbonyl (C=O) groups excluding carboxylic acids is 1. The molecule has 0 spiro atoms. The van der Waals surface area contributed by atoms with E-state index in [0.29, 0.717) is 18.7 Å². The maximum absolute atomic E-state index is 11.6. The summed E-state index contributed by atoms with van der Waals surface area (Å²) in [6, 6.07) is 9.48. The number of amides is 1. The van der Waals surface area contributed by atoms with Gasteiger partial charge in [-0.1, -0.05) is 0 Å². The Labute approximate surface area is 189 Å². The molecule has 9 heteroatoms. The summed E-state index contributed by atoms with van der Waals surface area (Å²) < 4.78 is 6.58. The summed E-state index contributed by atoms with van der Waals surface area (Å²) in [7, 11) is 0. The molecule has 3 heterocycles. The Morgan fingerprint density at radius 1 is 1.32 bits per heavy atom. The lowest BCUT2D eigenvalue weighted by molar-refractivity contribution is -0.127. The molecule has 31 heavy (non-hydrogen) atoms. The maximum atomic E-state index is 11.6. The summed E-state index contributed by atoms with van der Waals surface area (Å²) in [5, 5.41) is 13.3. The van der Waals surface area contributed by atoms with Crippen LogP contribution in [0.3, 0.4) is 0 Å². The maximum Gasteiger partial charge on any atom is 0.222 e. The third-order valence-electron chi connectivity index (χ3n) is 5.21. The van der Waals surface area contributed by atoms with E-state index >= 15 is 0 Å². The average Bonchev–Trinajstić information content (AvgIpc) is 3.38. The number of carbonyl (C=O) groups is 1. The topological polar surface area (TPSA) is 103 Å². The van der Waals surface area contributed by atoms with Crippen LogP contribution in [-0.4, -0.2) is 69.8 Å². The normalized spacial score (nSPS) is 15.0. The molecule has 3 aromatic rings. The lowest BCUT2D eigenvalue weighted by atomic mass is 10.2. The molecule has 2 aromatic heterocycles. The molecule has 1 atom stereocenters. The van der Waals surface area contributed by atoms with E-state index < -0.39 is 6.10 Å². The van der Waals surface area contributed by atoms with Crippen LogP contribution >= 0.6 is 15.9 Å². The van der Waals surface area contributed by atoms with Gasteiger partial charge in [-0.3, -0.25) is 4.79 Å². The summed E-state index contributed by atoms with van der Waals surface area (Å²) >= 11 is 3.40. The molecule has 1 aliphatic rings. The molecule has 3 N–H and O–H groups in total. The van der Waals surface area contributed by atoms with E-state index in [-0.39, 0.29) is 12.5 Å². The predicted octanol–water partition coefficient (Wildman–Crippen LogP) is 2.73. The van der Waals surface area contributed by atoms with Crippen LogP contribution < -0.4 is 10.1 Å². The second-order valence-corrected chi connectivity index (χ2v) is 8.55. The monoisotopic (exact) mass is 487 g/mol. The number of aliphatic hydroxyl groups excluding tert-OH is 1. The minimum Gasteiger partial charge on any atom is -0.491 e. The van der Waals surface area contributed by atoms with Gasteiger partial charge in [0.15, 0.2) is 5.65 Å². The molecular formula is C22H26BrN5O3. The van der Waals surface area contributed by atoms with Gasteiger partial charge in [-0.2, -0.15) is 0 Å². The van der Waals surface area contributed by atoms with Crippen molar-refractivity contribution in [3.63, 3.8) is 0 Å². The van der Waals surface area contributed by atoms with Gasteiger partial charge in [0.1, 0.15) is 29.8 Å². The van der Waals surface area contributed by atoms with Crippen LogP contribution in [0.1, 0.15) is 19.3 Å². The summed E-state index contributed by atoms with van der Waals surface area (Å²) in [5.74, 6) is 1.68. The number of hydrogen-bond acceptors (Lipinski definition) is 6. The van der Waals surface area contributed by atoms with E-state index in [1.807, 2.05) is 35.2 Å². The number of benzene rings is 1. The Hall–Kier alpha value is -2.49. The number of ether oxygens (including phenoxy) is 1. The van der Waals surface area contributed by atoms with Gasteiger partial charge in [0.2, 0.25) is 5.91 Å². The number of imidazole rings is 1. The Kier molecular flexibility index (Phi) is 7.16. The fourth-order valence-electron chi connectivity index (χ4n) is 3.57. The molecule has 8 nitrogen and oxygen atoms in total. The smallest absolute Gasteiger partial charge is 0.222 e. The van der Waals surface area contributed by atoms with Gasteiger partial charge in [0, 0.05) is 42.3 Å². The molecule has 1 fully saturated rings. The minimum atomic E-state index is -0.604. The highest BCUT2D eigenvalue weighted by Crippen LogP contribution is 2.23. The van der Waals surface area contributed by atoms with Gasteiger partial charge < -0.3 is 25.0 Å². The summed E-state index contributed by atoms with van der Waals surface area (Å²) in [6.07, 6.45) is 3.66. The molecule has 0 saturated carbocycles. The summed E-state index contributed by atoms with van der Waals surface area (Å²) in [5.41, 5.74) is 2.47. The van der Waals surface area contributed by atoms with Crippen LogP contribution in [0.25, 0.3) is 22.6 Å². The predicted molar refractivity (Wildman–Crippen MR) is 122 cm³/mol. The molecule has 0 aliphatic carbocycles.